The van der Waals surface area contributed by atoms with Gasteiger partial charge in [0.05, 0.1) is 24.1 Å². The number of hydrogen-bond acceptors (Lipinski definition) is 7. The molecule has 2 aromatic carbocycles. The maximum Gasteiger partial charge on any atom is 0.303 e. The number of benzene rings is 2. The number of halogens is 3. The summed E-state index contributed by atoms with van der Waals surface area (Å²) in [4.78, 5) is 64.5. The molecule has 45 heavy (non-hydrogen) atoms. The molecule has 2 heterocycles. The maximum atomic E-state index is 14.4. The first-order valence-electron chi connectivity index (χ1n) is 14.6. The van der Waals surface area contributed by atoms with Crippen molar-refractivity contribution in [3.63, 3.8) is 0 Å². The number of rotatable bonds is 8. The van der Waals surface area contributed by atoms with Gasteiger partial charge in [0, 0.05) is 24.4 Å². The summed E-state index contributed by atoms with van der Waals surface area (Å²) in [6.07, 6.45) is 1.41. The highest BCUT2D eigenvalue weighted by atomic mass is 35.5. The molecule has 3 fully saturated rings. The van der Waals surface area contributed by atoms with E-state index < -0.39 is 68.8 Å². The van der Waals surface area contributed by atoms with Gasteiger partial charge in [-0.05, 0) is 62.4 Å². The number of imide groups is 2. The van der Waals surface area contributed by atoms with E-state index >= 15 is 0 Å². The summed E-state index contributed by atoms with van der Waals surface area (Å²) in [5.74, 6) is -8.41. The Bertz CT molecular complexity index is 1660. The summed E-state index contributed by atoms with van der Waals surface area (Å²) in [5, 5.41) is 20.5. The highest BCUT2D eigenvalue weighted by molar-refractivity contribution is 6.58. The first-order chi connectivity index (χ1) is 21.4. The van der Waals surface area contributed by atoms with E-state index in [1.54, 1.807) is 19.1 Å². The van der Waals surface area contributed by atoms with E-state index in [4.69, 9.17) is 33.0 Å². The van der Waals surface area contributed by atoms with Crippen LogP contribution in [-0.4, -0.2) is 67.6 Å². The fraction of sp³-hybridized carbons (Fsp3) is 0.406. The van der Waals surface area contributed by atoms with Crippen molar-refractivity contribution in [2.24, 2.45) is 17.8 Å². The number of carboxylic acids is 1. The van der Waals surface area contributed by atoms with Crippen LogP contribution in [0.25, 0.3) is 0 Å². The molecule has 4 aliphatic rings. The summed E-state index contributed by atoms with van der Waals surface area (Å²) in [6.45, 7) is 1.86. The number of aromatic hydroxyl groups is 1. The van der Waals surface area contributed by atoms with Gasteiger partial charge in [0.1, 0.15) is 5.82 Å². The zero-order chi connectivity index (χ0) is 32.4. The summed E-state index contributed by atoms with van der Waals surface area (Å²) in [7, 11) is 0. The number of likely N-dealkylation sites (tertiary alicyclic amines) is 1. The first kappa shape index (κ1) is 31.0. The Morgan fingerprint density at radius 1 is 1.04 bits per heavy atom. The van der Waals surface area contributed by atoms with Crippen molar-refractivity contribution >= 4 is 58.5 Å². The molecule has 0 spiro atoms. The lowest BCUT2D eigenvalue weighted by Gasteiger charge is -2.50. The molecule has 2 N–H and O–H groups in total. The number of phenolic OH excluding ortho intramolecular Hbond substituents is 1. The molecule has 236 valence electrons. The van der Waals surface area contributed by atoms with Gasteiger partial charge in [-0.2, -0.15) is 0 Å². The first-order valence-corrected chi connectivity index (χ1v) is 15.4. The fourth-order valence-corrected chi connectivity index (χ4v) is 8.39. The molecule has 6 unspecified atom stereocenters. The number of aliphatic carboxylic acids is 1. The Kier molecular flexibility index (Phi) is 7.68. The van der Waals surface area contributed by atoms with Crippen LogP contribution in [0.2, 0.25) is 0 Å². The minimum atomic E-state index is -2.20. The molecule has 0 radical (unpaired) electrons. The van der Waals surface area contributed by atoms with Gasteiger partial charge >= 0.3 is 5.97 Å². The number of amides is 4. The predicted octanol–water partition coefficient (Wildman–Crippen LogP) is 4.36. The van der Waals surface area contributed by atoms with Crippen molar-refractivity contribution in [1.29, 1.82) is 0 Å². The number of carboxylic acid groups (broad SMARTS) is 1. The third-order valence-corrected chi connectivity index (χ3v) is 10.8. The summed E-state index contributed by atoms with van der Waals surface area (Å²) >= 11 is 14.6. The third kappa shape index (κ3) is 4.46. The zero-order valence-corrected chi connectivity index (χ0v) is 25.6. The third-order valence-electron chi connectivity index (χ3n) is 9.40. The van der Waals surface area contributed by atoms with Gasteiger partial charge in [0.2, 0.25) is 11.8 Å². The lowest BCUT2D eigenvalue weighted by Crippen LogP contribution is -2.60. The molecular weight excluding hydrogens is 630 g/mol. The minimum absolute atomic E-state index is 0.0402. The highest BCUT2D eigenvalue weighted by Crippen LogP contribution is 2.66. The van der Waals surface area contributed by atoms with Crippen LogP contribution in [-0.2, 0) is 24.0 Å². The van der Waals surface area contributed by atoms with Crippen LogP contribution in [0.4, 0.5) is 10.1 Å². The van der Waals surface area contributed by atoms with Gasteiger partial charge in [0.25, 0.3) is 11.8 Å². The van der Waals surface area contributed by atoms with Crippen molar-refractivity contribution in [2.75, 3.05) is 18.1 Å². The van der Waals surface area contributed by atoms with E-state index in [2.05, 4.69) is 0 Å². The number of nitrogens with zero attached hydrogens (tertiary/aromatic N) is 2. The molecule has 1 saturated carbocycles. The fourth-order valence-electron chi connectivity index (χ4n) is 7.46. The second-order valence-corrected chi connectivity index (χ2v) is 12.9. The average Bonchev–Trinajstić information content (AvgIpc) is 3.33. The van der Waals surface area contributed by atoms with Crippen LogP contribution in [0, 0.1) is 23.6 Å². The molecule has 6 rings (SSSR count). The largest absolute Gasteiger partial charge is 0.504 e. The normalized spacial score (nSPS) is 30.6. The summed E-state index contributed by atoms with van der Waals surface area (Å²) in [5.41, 5.74) is 0.660. The molecular formula is C32H29Cl2FN2O8. The molecule has 13 heteroatoms. The molecule has 2 aliphatic heterocycles. The van der Waals surface area contributed by atoms with Crippen molar-refractivity contribution in [3.8, 4) is 11.5 Å². The SMILES string of the molecule is CCOc1cccc(C2C3=CCC4C(=O)N(CCCC(=O)O)C(=O)C4C3CC3(Cl)C(=O)N(c4ccc(F)cc4)C(=O)C23Cl)c1O. The van der Waals surface area contributed by atoms with E-state index in [1.807, 2.05) is 0 Å². The number of phenols is 1. The zero-order valence-electron chi connectivity index (χ0n) is 24.0. The van der Waals surface area contributed by atoms with Crippen molar-refractivity contribution in [1.82, 2.24) is 4.90 Å². The van der Waals surface area contributed by atoms with Crippen LogP contribution in [0.1, 0.15) is 44.1 Å². The molecule has 2 saturated heterocycles. The second kappa shape index (κ2) is 11.1. The number of carbonyl (C=O) groups excluding carboxylic acids is 4. The average molecular weight is 659 g/mol. The molecule has 2 aromatic rings. The van der Waals surface area contributed by atoms with E-state index in [0.717, 1.165) is 21.9 Å². The number of ether oxygens (including phenoxy) is 1. The molecule has 4 amide bonds. The Balaban J connectivity index is 1.51. The standard InChI is InChI=1S/C32H29Cl2FN2O8/c1-2-45-22-6-3-5-20(26(22)40)25-18-12-13-19-24(28(42)36(27(19)41)14-4-7-23(38)39)21(18)15-31(33)29(43)37(30(44)32(25,31)34)17-10-8-16(35)9-11-17/h3,5-6,8-12,19,21,24-25,40H,2,4,7,13-15H2,1H3,(H,38,39). The topological polar surface area (TPSA) is 142 Å². The van der Waals surface area contributed by atoms with Crippen LogP contribution < -0.4 is 9.64 Å². The van der Waals surface area contributed by atoms with Gasteiger partial charge in [-0.1, -0.05) is 23.8 Å². The van der Waals surface area contributed by atoms with Gasteiger partial charge in [-0.3, -0.25) is 28.9 Å². The highest BCUT2D eigenvalue weighted by Gasteiger charge is 2.77. The number of para-hydroxylation sites is 1. The lowest BCUT2D eigenvalue weighted by atomic mass is 9.56. The van der Waals surface area contributed by atoms with Crippen LogP contribution in [0.3, 0.4) is 0 Å². The summed E-state index contributed by atoms with van der Waals surface area (Å²) in [6, 6.07) is 9.34. The molecule has 0 bridgehead atoms. The Morgan fingerprint density at radius 2 is 1.76 bits per heavy atom. The lowest BCUT2D eigenvalue weighted by molar-refractivity contribution is -0.142. The number of fused-ring (bicyclic) bond motifs is 4. The van der Waals surface area contributed by atoms with Gasteiger partial charge in [-0.25, -0.2) is 9.29 Å². The second-order valence-electron chi connectivity index (χ2n) is 11.7. The number of anilines is 1. The number of allylic oxidation sites excluding steroid dienone is 2. The predicted molar refractivity (Wildman–Crippen MR) is 159 cm³/mol. The van der Waals surface area contributed by atoms with Gasteiger partial charge in [-0.15, -0.1) is 23.2 Å². The van der Waals surface area contributed by atoms with E-state index in [1.165, 1.54) is 24.3 Å². The Morgan fingerprint density at radius 3 is 2.42 bits per heavy atom. The van der Waals surface area contributed by atoms with Crippen molar-refractivity contribution in [2.45, 2.75) is 48.3 Å². The Hall–Kier alpha value is -3.96. The number of alkyl halides is 2. The molecule has 10 nitrogen and oxygen atoms in total. The quantitative estimate of drug-likeness (QED) is 0.242. The molecule has 0 aromatic heterocycles. The van der Waals surface area contributed by atoms with E-state index in [9.17, 15) is 33.5 Å². The minimum Gasteiger partial charge on any atom is -0.504 e. The van der Waals surface area contributed by atoms with Crippen molar-refractivity contribution < 1.29 is 43.3 Å². The van der Waals surface area contributed by atoms with E-state index in [-0.39, 0.29) is 61.6 Å². The summed E-state index contributed by atoms with van der Waals surface area (Å²) < 4.78 is 19.4. The van der Waals surface area contributed by atoms with Crippen molar-refractivity contribution in [3.05, 3.63) is 65.5 Å². The van der Waals surface area contributed by atoms with Crippen LogP contribution in [0.5, 0.6) is 11.5 Å². The smallest absolute Gasteiger partial charge is 0.303 e. The van der Waals surface area contributed by atoms with E-state index in [0.29, 0.717) is 5.57 Å². The molecule has 2 aliphatic carbocycles. The number of hydrogen-bond donors (Lipinski definition) is 2. The van der Waals surface area contributed by atoms with Gasteiger partial charge < -0.3 is 14.9 Å². The monoisotopic (exact) mass is 658 g/mol. The number of carbonyl (C=O) groups is 5. The van der Waals surface area contributed by atoms with Gasteiger partial charge in [0.15, 0.2) is 21.2 Å². The van der Waals surface area contributed by atoms with Crippen LogP contribution >= 0.6 is 23.2 Å². The molecule has 6 atom stereocenters. The maximum absolute atomic E-state index is 14.4. The van der Waals surface area contributed by atoms with Crippen LogP contribution in [0.15, 0.2) is 54.1 Å². The Labute approximate surface area is 267 Å².